The summed E-state index contributed by atoms with van der Waals surface area (Å²) >= 11 is 0. The first kappa shape index (κ1) is 24.5. The van der Waals surface area contributed by atoms with E-state index < -0.39 is 22.2 Å². The Morgan fingerprint density at radius 1 is 1.06 bits per heavy atom. The number of fused-ring (bicyclic) bond motifs is 1. The minimum absolute atomic E-state index is 0.160. The molecule has 36 heavy (non-hydrogen) atoms. The lowest BCUT2D eigenvalue weighted by molar-refractivity contribution is 0.173. The van der Waals surface area contributed by atoms with Gasteiger partial charge in [-0.3, -0.25) is 0 Å². The first-order chi connectivity index (χ1) is 17.4. The highest BCUT2D eigenvalue weighted by Crippen LogP contribution is 2.30. The number of ether oxygens (including phenoxy) is 1. The van der Waals surface area contributed by atoms with Crippen molar-refractivity contribution in [2.75, 3.05) is 5.75 Å². The summed E-state index contributed by atoms with van der Waals surface area (Å²) in [6.45, 7) is 1.84. The molecule has 1 fully saturated rings. The van der Waals surface area contributed by atoms with E-state index in [1.165, 1.54) is 12.1 Å². The first-order valence-corrected chi connectivity index (χ1v) is 14.0. The van der Waals surface area contributed by atoms with Gasteiger partial charge in [-0.25, -0.2) is 22.2 Å². The number of nitrogens with one attached hydrogen (secondary N) is 1. The molecule has 0 aliphatic heterocycles. The summed E-state index contributed by atoms with van der Waals surface area (Å²) < 4.78 is 50.2. The summed E-state index contributed by atoms with van der Waals surface area (Å²) in [6.07, 6.45) is 5.36. The van der Waals surface area contributed by atoms with E-state index in [-0.39, 0.29) is 17.5 Å². The Bertz CT molecular complexity index is 1420. The number of hydrogen-bond acceptors (Lipinski definition) is 4. The molecule has 1 saturated carbocycles. The van der Waals surface area contributed by atoms with E-state index in [0.29, 0.717) is 5.75 Å². The lowest BCUT2D eigenvalue weighted by atomic mass is 10.0. The molecule has 1 aliphatic rings. The third-order valence-corrected chi connectivity index (χ3v) is 8.39. The van der Waals surface area contributed by atoms with Crippen LogP contribution >= 0.6 is 0 Å². The fraction of sp³-hybridized carbons (Fsp3) is 0.321. The van der Waals surface area contributed by atoms with Crippen molar-refractivity contribution in [3.05, 3.63) is 90.4 Å². The third-order valence-electron chi connectivity index (χ3n) is 6.75. The van der Waals surface area contributed by atoms with Crippen LogP contribution in [0.5, 0.6) is 5.75 Å². The van der Waals surface area contributed by atoms with E-state index in [1.807, 2.05) is 55.5 Å². The van der Waals surface area contributed by atoms with Crippen molar-refractivity contribution in [3.63, 3.8) is 0 Å². The molecule has 0 amide bonds. The second kappa shape index (κ2) is 10.4. The van der Waals surface area contributed by atoms with Crippen molar-refractivity contribution >= 4 is 20.9 Å². The Morgan fingerprint density at radius 3 is 2.50 bits per heavy atom. The highest BCUT2D eigenvalue weighted by Gasteiger charge is 2.28. The highest BCUT2D eigenvalue weighted by molar-refractivity contribution is 7.89. The lowest BCUT2D eigenvalue weighted by Gasteiger charge is -2.27. The molecule has 1 aromatic heterocycles. The van der Waals surface area contributed by atoms with Crippen molar-refractivity contribution in [3.8, 4) is 11.4 Å². The molecule has 3 aromatic carbocycles. The highest BCUT2D eigenvalue weighted by atomic mass is 32.2. The molecule has 1 N–H and O–H groups in total. The van der Waals surface area contributed by atoms with Gasteiger partial charge in [0.1, 0.15) is 17.7 Å². The molecule has 1 aliphatic carbocycles. The van der Waals surface area contributed by atoms with Gasteiger partial charge in [0, 0.05) is 5.39 Å². The number of halogens is 1. The predicted molar refractivity (Wildman–Crippen MR) is 139 cm³/mol. The van der Waals surface area contributed by atoms with Crippen molar-refractivity contribution in [2.45, 2.75) is 44.8 Å². The number of rotatable bonds is 9. The number of hydrogen-bond donors (Lipinski definition) is 1. The van der Waals surface area contributed by atoms with Gasteiger partial charge in [0.2, 0.25) is 10.0 Å². The normalized spacial score (nSPS) is 16.3. The Labute approximate surface area is 211 Å². The van der Waals surface area contributed by atoms with E-state index in [2.05, 4.69) is 9.82 Å². The second-order valence-corrected chi connectivity index (χ2v) is 11.3. The van der Waals surface area contributed by atoms with Crippen LogP contribution in [0.25, 0.3) is 16.6 Å². The van der Waals surface area contributed by atoms with Crippen LogP contribution in [-0.4, -0.2) is 30.0 Å². The zero-order valence-electron chi connectivity index (χ0n) is 20.2. The van der Waals surface area contributed by atoms with Gasteiger partial charge < -0.3 is 4.74 Å². The molecule has 4 aromatic rings. The Kier molecular flexibility index (Phi) is 7.07. The summed E-state index contributed by atoms with van der Waals surface area (Å²) in [5, 5.41) is 5.31. The van der Waals surface area contributed by atoms with Gasteiger partial charge in [-0.15, -0.1) is 0 Å². The average Bonchev–Trinajstić information content (AvgIpc) is 3.52. The van der Waals surface area contributed by atoms with Crippen LogP contribution in [0.3, 0.4) is 0 Å². The van der Waals surface area contributed by atoms with E-state index in [4.69, 9.17) is 4.74 Å². The molecule has 188 valence electrons. The van der Waals surface area contributed by atoms with Crippen molar-refractivity contribution in [1.29, 1.82) is 0 Å². The van der Waals surface area contributed by atoms with Gasteiger partial charge >= 0.3 is 0 Å². The van der Waals surface area contributed by atoms with E-state index in [9.17, 15) is 12.8 Å². The summed E-state index contributed by atoms with van der Waals surface area (Å²) in [5.74, 6) is 0.696. The van der Waals surface area contributed by atoms with E-state index in [0.717, 1.165) is 47.8 Å². The van der Waals surface area contributed by atoms with Gasteiger partial charge in [-0.05, 0) is 73.7 Å². The number of benzene rings is 3. The third kappa shape index (κ3) is 5.60. The van der Waals surface area contributed by atoms with Crippen LogP contribution in [0, 0.1) is 11.7 Å². The van der Waals surface area contributed by atoms with Crippen molar-refractivity contribution in [2.24, 2.45) is 5.92 Å². The molecule has 0 spiro atoms. The molecule has 0 bridgehead atoms. The fourth-order valence-corrected chi connectivity index (χ4v) is 6.74. The lowest BCUT2D eigenvalue weighted by Crippen LogP contribution is -2.41. The minimum atomic E-state index is -3.44. The molecular weight excluding hydrogens is 477 g/mol. The molecule has 0 unspecified atom stereocenters. The van der Waals surface area contributed by atoms with Crippen LogP contribution in [0.15, 0.2) is 79.0 Å². The monoisotopic (exact) mass is 507 g/mol. The van der Waals surface area contributed by atoms with Gasteiger partial charge in [0.25, 0.3) is 0 Å². The van der Waals surface area contributed by atoms with Gasteiger partial charge in [-0.2, -0.15) is 5.10 Å². The predicted octanol–water partition coefficient (Wildman–Crippen LogP) is 5.78. The number of nitrogens with zero attached hydrogens (tertiary/aromatic N) is 2. The number of aromatic nitrogens is 2. The van der Waals surface area contributed by atoms with Crippen LogP contribution in [0.4, 0.5) is 4.39 Å². The van der Waals surface area contributed by atoms with Crippen molar-refractivity contribution in [1.82, 2.24) is 14.5 Å². The topological polar surface area (TPSA) is 73.2 Å². The SMILES string of the molecule is C[C@H](NS(=O)(=O)CC1CCCC1)[C@@H](Oc1ccc2c(cnn2-c2ccc(F)cc2)c1)c1ccccc1. The molecule has 5 rings (SSSR count). The Hall–Kier alpha value is -3.23. The average molecular weight is 508 g/mol. The molecule has 8 heteroatoms. The fourth-order valence-electron chi connectivity index (χ4n) is 5.00. The summed E-state index contributed by atoms with van der Waals surface area (Å²) in [5.41, 5.74) is 2.50. The molecule has 0 radical (unpaired) electrons. The maximum atomic E-state index is 13.3. The first-order valence-electron chi connectivity index (χ1n) is 12.3. The molecule has 1 heterocycles. The maximum absolute atomic E-state index is 13.3. The van der Waals surface area contributed by atoms with E-state index >= 15 is 0 Å². The zero-order valence-corrected chi connectivity index (χ0v) is 21.0. The van der Waals surface area contributed by atoms with Crippen LogP contribution in [-0.2, 0) is 10.0 Å². The smallest absolute Gasteiger partial charge is 0.212 e. The molecular formula is C28H30FN3O3S. The second-order valence-electron chi connectivity index (χ2n) is 9.54. The van der Waals surface area contributed by atoms with Crippen molar-refractivity contribution < 1.29 is 17.5 Å². The molecule has 0 saturated heterocycles. The van der Waals surface area contributed by atoms with Gasteiger partial charge in [0.15, 0.2) is 0 Å². The minimum Gasteiger partial charge on any atom is -0.484 e. The largest absolute Gasteiger partial charge is 0.484 e. The molecule has 2 atom stereocenters. The van der Waals surface area contributed by atoms with Crippen LogP contribution in [0.1, 0.15) is 44.3 Å². The Balaban J connectivity index is 1.38. The summed E-state index contributed by atoms with van der Waals surface area (Å²) in [6, 6.07) is 21.0. The summed E-state index contributed by atoms with van der Waals surface area (Å²) in [7, 11) is -3.44. The van der Waals surface area contributed by atoms with Crippen LogP contribution < -0.4 is 9.46 Å². The quantitative estimate of drug-likeness (QED) is 0.312. The Morgan fingerprint density at radius 2 is 1.78 bits per heavy atom. The van der Waals surface area contributed by atoms with Crippen LogP contribution in [0.2, 0.25) is 0 Å². The van der Waals surface area contributed by atoms with E-state index in [1.54, 1.807) is 23.0 Å². The van der Waals surface area contributed by atoms with Gasteiger partial charge in [-0.1, -0.05) is 43.2 Å². The maximum Gasteiger partial charge on any atom is 0.212 e. The standard InChI is InChI=1S/C28H30FN3O3S/c1-20(31-36(33,34)19-21-7-5-6-8-21)28(22-9-3-2-4-10-22)35-26-15-16-27-23(17-26)18-30-32(27)25-13-11-24(29)12-14-25/h2-4,9-18,20-21,28,31H,5-8,19H2,1H3/t20-,28+/m0/s1. The van der Waals surface area contributed by atoms with Gasteiger partial charge in [0.05, 0.1) is 29.2 Å². The molecule has 6 nitrogen and oxygen atoms in total. The zero-order chi connectivity index (χ0) is 25.1. The number of sulfonamides is 1. The summed E-state index contributed by atoms with van der Waals surface area (Å²) in [4.78, 5) is 0.